The number of H-pyrrole nitrogens is 2. The van der Waals surface area contributed by atoms with E-state index in [4.69, 9.17) is 0 Å². The molecule has 0 bridgehead atoms. The summed E-state index contributed by atoms with van der Waals surface area (Å²) >= 11 is 0. The second-order valence-corrected chi connectivity index (χ2v) is 6.14. The summed E-state index contributed by atoms with van der Waals surface area (Å²) in [4.78, 5) is 21.9. The van der Waals surface area contributed by atoms with Gasteiger partial charge >= 0.3 is 6.03 Å². The lowest BCUT2D eigenvalue weighted by Crippen LogP contribution is -2.45. The van der Waals surface area contributed by atoms with Crippen LogP contribution in [0.2, 0.25) is 0 Å². The number of aromatic amines is 2. The van der Waals surface area contributed by atoms with E-state index >= 15 is 0 Å². The number of rotatable bonds is 4. The third kappa shape index (κ3) is 3.55. The highest BCUT2D eigenvalue weighted by atomic mass is 16.2. The maximum absolute atomic E-state index is 12.5. The molecule has 1 aliphatic rings. The van der Waals surface area contributed by atoms with Crippen molar-refractivity contribution in [2.24, 2.45) is 0 Å². The summed E-state index contributed by atoms with van der Waals surface area (Å²) in [5, 5.41) is 10.1. The van der Waals surface area contributed by atoms with Crippen molar-refractivity contribution in [3.63, 3.8) is 0 Å². The summed E-state index contributed by atoms with van der Waals surface area (Å²) in [5.74, 6) is 1.29. The quantitative estimate of drug-likeness (QED) is 0.809. The van der Waals surface area contributed by atoms with Gasteiger partial charge in [-0.25, -0.2) is 9.78 Å². The Morgan fingerprint density at radius 2 is 2.26 bits per heavy atom. The fourth-order valence-corrected chi connectivity index (χ4v) is 3.10. The molecule has 2 amide bonds. The van der Waals surface area contributed by atoms with E-state index in [0.29, 0.717) is 5.92 Å². The van der Waals surface area contributed by atoms with Crippen molar-refractivity contribution in [1.29, 1.82) is 0 Å². The first kappa shape index (κ1) is 15.6. The molecule has 7 heteroatoms. The predicted octanol–water partition coefficient (Wildman–Crippen LogP) is 2.48. The average molecular weight is 316 g/mol. The van der Waals surface area contributed by atoms with Crippen LogP contribution in [0.4, 0.5) is 4.79 Å². The largest absolute Gasteiger partial charge is 0.344 e. The second kappa shape index (κ2) is 6.85. The van der Waals surface area contributed by atoms with Crippen molar-refractivity contribution in [1.82, 2.24) is 30.4 Å². The first-order valence-electron chi connectivity index (χ1n) is 8.23. The summed E-state index contributed by atoms with van der Waals surface area (Å²) in [6.45, 7) is 5.55. The molecule has 1 aliphatic heterocycles. The molecule has 0 radical (unpaired) electrons. The Bertz CT molecular complexity index is 627. The Morgan fingerprint density at radius 1 is 1.48 bits per heavy atom. The van der Waals surface area contributed by atoms with Crippen molar-refractivity contribution in [3.05, 3.63) is 35.7 Å². The second-order valence-electron chi connectivity index (χ2n) is 6.14. The molecule has 0 unspecified atom stereocenters. The molecule has 0 saturated carbocycles. The van der Waals surface area contributed by atoms with Crippen LogP contribution >= 0.6 is 0 Å². The molecule has 3 rings (SSSR count). The minimum absolute atomic E-state index is 0.00559. The monoisotopic (exact) mass is 316 g/mol. The van der Waals surface area contributed by atoms with E-state index in [1.54, 1.807) is 12.4 Å². The molecule has 1 saturated heterocycles. The Balaban J connectivity index is 1.54. The summed E-state index contributed by atoms with van der Waals surface area (Å²) in [6, 6.07) is 1.95. The zero-order valence-corrected chi connectivity index (χ0v) is 13.7. The zero-order valence-electron chi connectivity index (χ0n) is 13.7. The normalized spacial score (nSPS) is 17.2. The number of likely N-dealkylation sites (tertiary alicyclic amines) is 1. The summed E-state index contributed by atoms with van der Waals surface area (Å²) in [7, 11) is 0. The molecule has 2 aromatic heterocycles. The van der Waals surface area contributed by atoms with E-state index in [2.05, 4.69) is 25.5 Å². The minimum atomic E-state index is -0.0680. The summed E-state index contributed by atoms with van der Waals surface area (Å²) in [6.07, 6.45) is 6.31. The third-order valence-corrected chi connectivity index (χ3v) is 4.50. The molecular weight excluding hydrogens is 292 g/mol. The Morgan fingerprint density at radius 3 is 2.83 bits per heavy atom. The molecule has 1 atom stereocenters. The minimum Gasteiger partial charge on any atom is -0.344 e. The van der Waals surface area contributed by atoms with Crippen LogP contribution in [-0.4, -0.2) is 44.2 Å². The van der Waals surface area contributed by atoms with E-state index in [1.807, 2.05) is 24.8 Å². The number of aryl methyl sites for hydroxylation is 1. The number of nitrogens with one attached hydrogen (secondary N) is 3. The van der Waals surface area contributed by atoms with Crippen molar-refractivity contribution in [2.45, 2.75) is 45.1 Å². The third-order valence-electron chi connectivity index (χ3n) is 4.50. The van der Waals surface area contributed by atoms with Crippen molar-refractivity contribution in [3.8, 4) is 0 Å². The van der Waals surface area contributed by atoms with Crippen molar-refractivity contribution < 1.29 is 4.79 Å². The molecule has 124 valence electrons. The molecular formula is C16H24N6O. The van der Waals surface area contributed by atoms with Crippen molar-refractivity contribution in [2.75, 3.05) is 13.1 Å². The van der Waals surface area contributed by atoms with Crippen LogP contribution in [0.5, 0.6) is 0 Å². The van der Waals surface area contributed by atoms with Gasteiger partial charge in [0.25, 0.3) is 0 Å². The molecule has 0 spiro atoms. The predicted molar refractivity (Wildman–Crippen MR) is 87.0 cm³/mol. The van der Waals surface area contributed by atoms with Gasteiger partial charge < -0.3 is 15.2 Å². The van der Waals surface area contributed by atoms with Gasteiger partial charge in [0, 0.05) is 42.8 Å². The van der Waals surface area contributed by atoms with Crippen LogP contribution in [0, 0.1) is 6.92 Å². The van der Waals surface area contributed by atoms with Gasteiger partial charge in [-0.05, 0) is 32.3 Å². The number of hydrogen-bond donors (Lipinski definition) is 3. The maximum atomic E-state index is 12.5. The Labute approximate surface area is 135 Å². The van der Waals surface area contributed by atoms with E-state index in [-0.39, 0.29) is 12.1 Å². The van der Waals surface area contributed by atoms with Gasteiger partial charge in [0.15, 0.2) is 0 Å². The first-order valence-corrected chi connectivity index (χ1v) is 8.23. The molecule has 0 aromatic carbocycles. The van der Waals surface area contributed by atoms with Crippen LogP contribution in [-0.2, 0) is 0 Å². The smallest absolute Gasteiger partial charge is 0.317 e. The van der Waals surface area contributed by atoms with Crippen LogP contribution in [0.15, 0.2) is 18.5 Å². The number of piperidine rings is 1. The number of hydrogen-bond acceptors (Lipinski definition) is 3. The van der Waals surface area contributed by atoms with Crippen LogP contribution in [0.3, 0.4) is 0 Å². The molecule has 7 nitrogen and oxygen atoms in total. The average Bonchev–Trinajstić information content (AvgIpc) is 3.24. The standard InChI is InChI=1S/C16H24N6O/c1-3-13(15-17-10-11(2)19-15)20-16(23)22-8-5-12(6-9-22)14-4-7-18-21-14/h4,7,10,12-13H,3,5-6,8-9H2,1-2H3,(H,17,19)(H,18,21)(H,20,23)/t13-/m1/s1. The van der Waals surface area contributed by atoms with Gasteiger partial charge in [-0.1, -0.05) is 6.92 Å². The lowest BCUT2D eigenvalue weighted by atomic mass is 9.94. The highest BCUT2D eigenvalue weighted by Crippen LogP contribution is 2.26. The molecule has 2 aromatic rings. The van der Waals surface area contributed by atoms with Gasteiger partial charge in [-0.2, -0.15) is 5.10 Å². The number of carbonyl (C=O) groups is 1. The molecule has 23 heavy (non-hydrogen) atoms. The number of amides is 2. The van der Waals surface area contributed by atoms with Gasteiger partial charge in [-0.3, -0.25) is 5.10 Å². The Hall–Kier alpha value is -2.31. The summed E-state index contributed by atoms with van der Waals surface area (Å²) in [5.41, 5.74) is 2.18. The number of nitrogens with zero attached hydrogens (tertiary/aromatic N) is 3. The van der Waals surface area contributed by atoms with Crippen LogP contribution in [0.25, 0.3) is 0 Å². The SMILES string of the molecule is CC[C@@H](NC(=O)N1CCC(c2ccn[nH]2)CC1)c1ncc(C)[nH]1. The number of carbonyl (C=O) groups excluding carboxylic acids is 1. The summed E-state index contributed by atoms with van der Waals surface area (Å²) < 4.78 is 0. The number of imidazole rings is 1. The maximum Gasteiger partial charge on any atom is 0.317 e. The lowest BCUT2D eigenvalue weighted by molar-refractivity contribution is 0.176. The van der Waals surface area contributed by atoms with Gasteiger partial charge in [0.1, 0.15) is 5.82 Å². The van der Waals surface area contributed by atoms with Gasteiger partial charge in [0.05, 0.1) is 6.04 Å². The molecule has 3 N–H and O–H groups in total. The van der Waals surface area contributed by atoms with E-state index in [0.717, 1.165) is 43.9 Å². The Kier molecular flexibility index (Phi) is 4.64. The highest BCUT2D eigenvalue weighted by molar-refractivity contribution is 5.74. The zero-order chi connectivity index (χ0) is 16.2. The van der Waals surface area contributed by atoms with Gasteiger partial charge in [-0.15, -0.1) is 0 Å². The molecule has 3 heterocycles. The number of aromatic nitrogens is 4. The van der Waals surface area contributed by atoms with E-state index < -0.39 is 0 Å². The van der Waals surface area contributed by atoms with Crippen molar-refractivity contribution >= 4 is 6.03 Å². The molecule has 0 aliphatic carbocycles. The van der Waals surface area contributed by atoms with E-state index in [1.165, 1.54) is 5.69 Å². The lowest BCUT2D eigenvalue weighted by Gasteiger charge is -2.32. The van der Waals surface area contributed by atoms with Crippen LogP contribution in [0.1, 0.15) is 55.4 Å². The number of urea groups is 1. The topological polar surface area (TPSA) is 89.7 Å². The van der Waals surface area contributed by atoms with Crippen LogP contribution < -0.4 is 5.32 Å². The van der Waals surface area contributed by atoms with E-state index in [9.17, 15) is 4.79 Å². The van der Waals surface area contributed by atoms with Gasteiger partial charge in [0.2, 0.25) is 0 Å². The fraction of sp³-hybridized carbons (Fsp3) is 0.562. The highest BCUT2D eigenvalue weighted by Gasteiger charge is 2.26. The fourth-order valence-electron chi connectivity index (χ4n) is 3.10. The molecule has 1 fully saturated rings. The first-order chi connectivity index (χ1) is 11.2.